The lowest BCUT2D eigenvalue weighted by atomic mass is 10.3. The van der Waals surface area contributed by atoms with Gasteiger partial charge in [0.25, 0.3) is 0 Å². The van der Waals surface area contributed by atoms with E-state index in [1.165, 1.54) is 0 Å². The number of hydrogen-bond donors (Lipinski definition) is 1. The maximum Gasteiger partial charge on any atom is 0.213 e. The second-order valence-electron chi connectivity index (χ2n) is 3.50. The fourth-order valence-corrected chi connectivity index (χ4v) is 1.84. The van der Waals surface area contributed by atoms with E-state index in [4.69, 9.17) is 4.74 Å². The Morgan fingerprint density at radius 1 is 1.47 bits per heavy atom. The van der Waals surface area contributed by atoms with Gasteiger partial charge in [0.15, 0.2) is 5.82 Å². The van der Waals surface area contributed by atoms with Gasteiger partial charge in [0, 0.05) is 13.1 Å². The smallest absolute Gasteiger partial charge is 0.213 e. The number of hydrogen-bond acceptors (Lipinski definition) is 4. The molecule has 2 heterocycles. The minimum Gasteiger partial charge on any atom is -0.481 e. The fraction of sp³-hybridized carbons (Fsp3) is 0.273. The third-order valence-electron chi connectivity index (χ3n) is 2.27. The quantitative estimate of drug-likeness (QED) is 0.879. The zero-order chi connectivity index (χ0) is 12.3. The lowest BCUT2D eigenvalue weighted by Gasteiger charge is -2.02. The molecule has 0 spiro atoms. The van der Waals surface area contributed by atoms with Crippen LogP contribution in [0, 0.1) is 0 Å². The summed E-state index contributed by atoms with van der Waals surface area (Å²) >= 11 is 3.34. The molecule has 5 nitrogen and oxygen atoms in total. The fourth-order valence-electron chi connectivity index (χ4n) is 1.46. The summed E-state index contributed by atoms with van der Waals surface area (Å²) in [6, 6.07) is 7.65. The Bertz CT molecular complexity index is 512. The van der Waals surface area contributed by atoms with Crippen LogP contribution in [0.3, 0.4) is 0 Å². The number of halogens is 1. The van der Waals surface area contributed by atoms with Crippen LogP contribution < -0.4 is 10.1 Å². The van der Waals surface area contributed by atoms with E-state index in [-0.39, 0.29) is 0 Å². The van der Waals surface area contributed by atoms with E-state index >= 15 is 0 Å². The molecule has 0 aliphatic heterocycles. The topological polar surface area (TPSA) is 52.0 Å². The second-order valence-corrected chi connectivity index (χ2v) is 4.31. The van der Waals surface area contributed by atoms with Crippen molar-refractivity contribution in [2.24, 2.45) is 7.05 Å². The summed E-state index contributed by atoms with van der Waals surface area (Å²) in [6.07, 6.45) is 0. The molecule has 0 atom stereocenters. The summed E-state index contributed by atoms with van der Waals surface area (Å²) in [6.45, 7) is 0.625. The van der Waals surface area contributed by atoms with E-state index in [2.05, 4.69) is 31.3 Å². The summed E-state index contributed by atoms with van der Waals surface area (Å²) in [4.78, 5) is 4.33. The molecule has 6 heteroatoms. The van der Waals surface area contributed by atoms with Gasteiger partial charge < -0.3 is 10.1 Å². The van der Waals surface area contributed by atoms with E-state index in [9.17, 15) is 0 Å². The standard InChI is InChI=1S/C11H13BrN4O/c1-16-11(17-2)6-10(15-16)13-7-8-4-3-5-9(12)14-8/h3-6H,7H2,1-2H3,(H,13,15). The van der Waals surface area contributed by atoms with Crippen molar-refractivity contribution < 1.29 is 4.74 Å². The van der Waals surface area contributed by atoms with Gasteiger partial charge >= 0.3 is 0 Å². The first kappa shape index (κ1) is 11.9. The van der Waals surface area contributed by atoms with Crippen LogP contribution in [0.15, 0.2) is 28.9 Å². The van der Waals surface area contributed by atoms with Gasteiger partial charge in [-0.15, -0.1) is 0 Å². The summed E-state index contributed by atoms with van der Waals surface area (Å²) in [5, 5.41) is 7.45. The summed E-state index contributed by atoms with van der Waals surface area (Å²) < 4.78 is 7.64. The molecule has 0 aliphatic rings. The van der Waals surface area contributed by atoms with Gasteiger partial charge in [0.2, 0.25) is 5.88 Å². The molecule has 2 aromatic rings. The highest BCUT2D eigenvalue weighted by Gasteiger charge is 2.04. The molecule has 0 aromatic carbocycles. The van der Waals surface area contributed by atoms with E-state index < -0.39 is 0 Å². The molecule has 2 aromatic heterocycles. The van der Waals surface area contributed by atoms with Gasteiger partial charge in [-0.2, -0.15) is 5.10 Å². The molecule has 0 unspecified atom stereocenters. The van der Waals surface area contributed by atoms with Crippen molar-refractivity contribution in [2.45, 2.75) is 6.54 Å². The Hall–Kier alpha value is -1.56. The lowest BCUT2D eigenvalue weighted by Crippen LogP contribution is -2.02. The monoisotopic (exact) mass is 296 g/mol. The highest BCUT2D eigenvalue weighted by Crippen LogP contribution is 2.16. The largest absolute Gasteiger partial charge is 0.481 e. The van der Waals surface area contributed by atoms with Gasteiger partial charge in [-0.3, -0.25) is 0 Å². The average Bonchev–Trinajstić information content (AvgIpc) is 2.67. The predicted molar refractivity (Wildman–Crippen MR) is 69.0 cm³/mol. The zero-order valence-corrected chi connectivity index (χ0v) is 11.2. The molecule has 0 bridgehead atoms. The molecule has 1 N–H and O–H groups in total. The molecule has 0 saturated heterocycles. The van der Waals surface area contributed by atoms with Gasteiger partial charge in [0.1, 0.15) is 4.60 Å². The summed E-state index contributed by atoms with van der Waals surface area (Å²) in [7, 11) is 3.46. The number of anilines is 1. The maximum atomic E-state index is 5.13. The summed E-state index contributed by atoms with van der Waals surface area (Å²) in [5.74, 6) is 1.49. The number of ether oxygens (including phenoxy) is 1. The van der Waals surface area contributed by atoms with Crippen LogP contribution in [0.2, 0.25) is 0 Å². The van der Waals surface area contributed by atoms with Gasteiger partial charge in [-0.25, -0.2) is 9.67 Å². The third-order valence-corrected chi connectivity index (χ3v) is 2.71. The molecule has 0 radical (unpaired) electrons. The molecule has 2 rings (SSSR count). The molecule has 90 valence electrons. The zero-order valence-electron chi connectivity index (χ0n) is 9.64. The molecular weight excluding hydrogens is 284 g/mol. The van der Waals surface area contributed by atoms with E-state index in [1.54, 1.807) is 11.8 Å². The van der Waals surface area contributed by atoms with Crippen LogP contribution in [0.1, 0.15) is 5.69 Å². The van der Waals surface area contributed by atoms with Crippen LogP contribution in [0.25, 0.3) is 0 Å². The molecular formula is C11H13BrN4O. The number of methoxy groups -OCH3 is 1. The van der Waals surface area contributed by atoms with Crippen molar-refractivity contribution in [1.29, 1.82) is 0 Å². The first-order valence-electron chi connectivity index (χ1n) is 5.12. The van der Waals surface area contributed by atoms with Crippen molar-refractivity contribution >= 4 is 21.7 Å². The number of aryl methyl sites for hydroxylation is 1. The van der Waals surface area contributed by atoms with Crippen LogP contribution in [0.5, 0.6) is 5.88 Å². The van der Waals surface area contributed by atoms with Gasteiger partial charge in [0.05, 0.1) is 19.3 Å². The molecule has 0 amide bonds. The van der Waals surface area contributed by atoms with Gasteiger partial charge in [-0.1, -0.05) is 6.07 Å². The Labute approximate surface area is 108 Å². The predicted octanol–water partition coefficient (Wildman–Crippen LogP) is 2.20. The minimum atomic E-state index is 0.625. The van der Waals surface area contributed by atoms with E-state index in [0.29, 0.717) is 6.54 Å². The van der Waals surface area contributed by atoms with Gasteiger partial charge in [-0.05, 0) is 28.1 Å². The maximum absolute atomic E-state index is 5.13. The van der Waals surface area contributed by atoms with Crippen molar-refractivity contribution in [3.63, 3.8) is 0 Å². The molecule has 17 heavy (non-hydrogen) atoms. The van der Waals surface area contributed by atoms with Crippen molar-refractivity contribution in [2.75, 3.05) is 12.4 Å². The molecule has 0 aliphatic carbocycles. The highest BCUT2D eigenvalue weighted by molar-refractivity contribution is 9.10. The van der Waals surface area contributed by atoms with Crippen LogP contribution in [0.4, 0.5) is 5.82 Å². The number of rotatable bonds is 4. The number of aromatic nitrogens is 3. The first-order valence-corrected chi connectivity index (χ1v) is 5.91. The van der Waals surface area contributed by atoms with E-state index in [1.807, 2.05) is 31.3 Å². The summed E-state index contributed by atoms with van der Waals surface area (Å²) in [5.41, 5.74) is 0.948. The minimum absolute atomic E-state index is 0.625. The Morgan fingerprint density at radius 3 is 2.94 bits per heavy atom. The van der Waals surface area contributed by atoms with Crippen LogP contribution in [-0.4, -0.2) is 21.9 Å². The van der Waals surface area contributed by atoms with Crippen LogP contribution >= 0.6 is 15.9 Å². The number of pyridine rings is 1. The van der Waals surface area contributed by atoms with Crippen molar-refractivity contribution in [3.05, 3.63) is 34.6 Å². The normalized spacial score (nSPS) is 10.3. The van der Waals surface area contributed by atoms with Crippen molar-refractivity contribution in [1.82, 2.24) is 14.8 Å². The van der Waals surface area contributed by atoms with Crippen LogP contribution in [-0.2, 0) is 13.6 Å². The third kappa shape index (κ3) is 2.97. The number of nitrogens with zero attached hydrogens (tertiary/aromatic N) is 3. The average molecular weight is 297 g/mol. The lowest BCUT2D eigenvalue weighted by molar-refractivity contribution is 0.373. The number of nitrogens with one attached hydrogen (secondary N) is 1. The second kappa shape index (κ2) is 5.18. The molecule has 0 saturated carbocycles. The molecule has 0 fully saturated rings. The Morgan fingerprint density at radius 2 is 2.29 bits per heavy atom. The first-order chi connectivity index (χ1) is 8.19. The Kier molecular flexibility index (Phi) is 3.63. The Balaban J connectivity index is 2.02. The van der Waals surface area contributed by atoms with E-state index in [0.717, 1.165) is 22.0 Å². The van der Waals surface area contributed by atoms with Crippen molar-refractivity contribution in [3.8, 4) is 5.88 Å². The SMILES string of the molecule is COc1cc(NCc2cccc(Br)n2)nn1C. The highest BCUT2D eigenvalue weighted by atomic mass is 79.9.